The van der Waals surface area contributed by atoms with Gasteiger partial charge < -0.3 is 55.1 Å². The van der Waals surface area contributed by atoms with Crippen molar-refractivity contribution in [3.63, 3.8) is 0 Å². The summed E-state index contributed by atoms with van der Waals surface area (Å²) in [6.07, 6.45) is 3.13. The molecule has 7 aromatic rings. The molecule has 446 valence electrons. The van der Waals surface area contributed by atoms with Crippen molar-refractivity contribution in [2.75, 3.05) is 104 Å². The monoisotopic (exact) mass is 1190 g/mol. The number of aryl methyl sites for hydroxylation is 1. The van der Waals surface area contributed by atoms with Crippen molar-refractivity contribution in [2.45, 2.75) is 71.8 Å². The number of β-amino-alcohol motifs (C(OH)–C–C–N with tert-alkyl or cyclic N) is 1. The molecule has 0 bridgehead atoms. The summed E-state index contributed by atoms with van der Waals surface area (Å²) in [5.74, 6) is -1.68. The van der Waals surface area contributed by atoms with Crippen molar-refractivity contribution < 1.29 is 48.0 Å². The number of rotatable bonds is 28. The third kappa shape index (κ3) is 16.8. The third-order valence-electron chi connectivity index (χ3n) is 14.6. The molecule has 2 aliphatic rings. The van der Waals surface area contributed by atoms with E-state index >= 15 is 0 Å². The maximum Gasteiger partial charge on any atom is 0.275 e. The molecule has 5 amide bonds. The molecule has 6 heterocycles. The van der Waals surface area contributed by atoms with Gasteiger partial charge in [0.25, 0.3) is 5.91 Å². The Hall–Kier alpha value is -7.13. The van der Waals surface area contributed by atoms with E-state index in [1.54, 1.807) is 22.7 Å². The number of carbonyl (C=O) groups is 5. The number of likely N-dealkylation sites (tertiary alicyclic amines) is 1. The number of para-hydroxylation sites is 3. The Morgan fingerprint density at radius 3 is 2.19 bits per heavy atom. The quantitative estimate of drug-likeness (QED) is 0.0396. The summed E-state index contributed by atoms with van der Waals surface area (Å²) in [4.78, 5) is 92.5. The molecule has 0 radical (unpaired) electrons. The van der Waals surface area contributed by atoms with Gasteiger partial charge in [-0.2, -0.15) is 0 Å². The summed E-state index contributed by atoms with van der Waals surface area (Å²) in [7, 11) is 0. The van der Waals surface area contributed by atoms with Crippen molar-refractivity contribution in [3.8, 4) is 21.7 Å². The molecule has 3 aromatic carbocycles. The number of ether oxygens (including phenoxy) is 4. The molecular formula is C60H74N12O10S2. The Balaban J connectivity index is 0.579. The van der Waals surface area contributed by atoms with Gasteiger partial charge in [-0.05, 0) is 41.7 Å². The predicted molar refractivity (Wildman–Crippen MR) is 320 cm³/mol. The molecule has 24 heteroatoms. The van der Waals surface area contributed by atoms with E-state index in [4.69, 9.17) is 23.9 Å². The summed E-state index contributed by atoms with van der Waals surface area (Å²) in [5.41, 5.74) is 8.95. The second-order valence-electron chi connectivity index (χ2n) is 21.8. The highest BCUT2D eigenvalue weighted by Crippen LogP contribution is 2.32. The lowest BCUT2D eigenvalue weighted by atomic mass is 9.85. The molecular weight excluding hydrogens is 1110 g/mol. The van der Waals surface area contributed by atoms with Crippen LogP contribution in [0.3, 0.4) is 0 Å². The minimum Gasteiger partial charge on any atom is -0.391 e. The Morgan fingerprint density at radius 2 is 1.46 bits per heavy atom. The number of aromatic nitrogens is 5. The van der Waals surface area contributed by atoms with E-state index in [0.717, 1.165) is 81.9 Å². The van der Waals surface area contributed by atoms with E-state index in [2.05, 4.69) is 55.8 Å². The number of aliphatic hydroxyl groups is 1. The Kier molecular flexibility index (Phi) is 21.6. The van der Waals surface area contributed by atoms with Gasteiger partial charge in [0.2, 0.25) is 23.6 Å². The van der Waals surface area contributed by atoms with Crippen molar-refractivity contribution >= 4 is 73.9 Å². The van der Waals surface area contributed by atoms with E-state index in [0.29, 0.717) is 63.7 Å². The van der Waals surface area contributed by atoms with Gasteiger partial charge in [-0.15, -0.1) is 22.7 Å². The fourth-order valence-electron chi connectivity index (χ4n) is 9.96. The molecule has 0 saturated carbocycles. The zero-order valence-electron chi connectivity index (χ0n) is 47.9. The average molecular weight is 1190 g/mol. The predicted octanol–water partition coefficient (Wildman–Crippen LogP) is 5.19. The first kappa shape index (κ1) is 61.4. The van der Waals surface area contributed by atoms with E-state index in [1.165, 1.54) is 11.1 Å². The molecule has 0 spiro atoms. The minimum absolute atomic E-state index is 0.0176. The Bertz CT molecular complexity index is 3340. The molecule has 3 atom stereocenters. The standard InChI is InChI=1S/C60H74N12O10S2/c1-40-54(84-39-64-40)42-15-13-41(14-16-42)32-63-57(77)51-31-44(73)35-72(51)58(78)55(60(2,3)4)68-53(75)37-82-30-29-81-28-27-80-26-25-79-24-18-61-52(74)17-19-69-20-22-70(23-21-69)34-43-38-83-59-67-50(36-71(43)59)45-9-5-6-10-46(45)66-56(76)49-33-62-47-11-7-8-12-48(47)65-49/h5-16,33,36,38-39,44,51,55,73H,17-32,34-35,37H2,1-4H3,(H,61,74)(H,63,77)(H,66,76)(H,68,75)/t44-,51+,55-/m1/s1. The second kappa shape index (κ2) is 29.6. The lowest BCUT2D eigenvalue weighted by Gasteiger charge is -2.35. The first-order valence-electron chi connectivity index (χ1n) is 28.3. The number of fused-ring (bicyclic) bond motifs is 2. The number of nitrogens with zero attached hydrogens (tertiary/aromatic N) is 8. The molecule has 9 rings (SSSR count). The number of piperazine rings is 1. The summed E-state index contributed by atoms with van der Waals surface area (Å²) in [6.45, 7) is 14.8. The number of benzene rings is 3. The van der Waals surface area contributed by atoms with Crippen molar-refractivity contribution in [2.24, 2.45) is 5.41 Å². The SMILES string of the molecule is Cc1ncsc1-c1ccc(CNC(=O)[C@@H]2C[C@@H](O)CN2C(=O)[C@@H](NC(=O)COCCOCCOCCOCCNC(=O)CCN2CCN(Cc3csc4nc(-c5ccccc5NC(=O)c5cnc6ccccc6n5)cn34)CC2)C(C)(C)C)cc1. The summed E-state index contributed by atoms with van der Waals surface area (Å²) < 4.78 is 24.5. The highest BCUT2D eigenvalue weighted by molar-refractivity contribution is 7.15. The van der Waals surface area contributed by atoms with Crippen LogP contribution in [0.2, 0.25) is 0 Å². The van der Waals surface area contributed by atoms with Gasteiger partial charge in [0, 0.05) is 94.6 Å². The van der Waals surface area contributed by atoms with Crippen LogP contribution in [0.15, 0.2) is 96.1 Å². The highest BCUT2D eigenvalue weighted by Gasteiger charge is 2.44. The normalized spacial score (nSPS) is 16.3. The first-order chi connectivity index (χ1) is 40.7. The number of amides is 5. The van der Waals surface area contributed by atoms with Crippen LogP contribution < -0.4 is 21.3 Å². The topological polar surface area (TPSA) is 256 Å². The average Bonchev–Trinajstić information content (AvgIpc) is 2.58. The van der Waals surface area contributed by atoms with Crippen LogP contribution in [0.25, 0.3) is 37.7 Å². The van der Waals surface area contributed by atoms with Gasteiger partial charge in [-0.1, -0.05) is 75.4 Å². The number of hydrogen-bond acceptors (Lipinski definition) is 18. The lowest BCUT2D eigenvalue weighted by molar-refractivity contribution is -0.144. The third-order valence-corrected chi connectivity index (χ3v) is 16.4. The van der Waals surface area contributed by atoms with Crippen LogP contribution in [0.1, 0.15) is 61.1 Å². The summed E-state index contributed by atoms with van der Waals surface area (Å²) >= 11 is 3.15. The van der Waals surface area contributed by atoms with Crippen molar-refractivity contribution in [3.05, 3.63) is 119 Å². The lowest BCUT2D eigenvalue weighted by Crippen LogP contribution is -2.58. The van der Waals surface area contributed by atoms with Gasteiger partial charge >= 0.3 is 0 Å². The fraction of sp³-hybridized carbons (Fsp3) is 0.450. The molecule has 2 saturated heterocycles. The minimum atomic E-state index is -0.975. The maximum absolute atomic E-state index is 14.0. The van der Waals surface area contributed by atoms with Gasteiger partial charge in [0.05, 0.1) is 97.0 Å². The van der Waals surface area contributed by atoms with Crippen LogP contribution in [0.4, 0.5) is 5.69 Å². The molecule has 2 aliphatic heterocycles. The number of aliphatic hydroxyl groups excluding tert-OH is 1. The molecule has 5 N–H and O–H groups in total. The Morgan fingerprint density at radius 1 is 0.774 bits per heavy atom. The number of nitrogens with one attached hydrogen (secondary N) is 4. The molecule has 0 unspecified atom stereocenters. The Labute approximate surface area is 496 Å². The van der Waals surface area contributed by atoms with E-state index < -0.39 is 35.4 Å². The van der Waals surface area contributed by atoms with Crippen LogP contribution >= 0.6 is 22.7 Å². The fourth-order valence-corrected chi connectivity index (χ4v) is 11.6. The van der Waals surface area contributed by atoms with Crippen molar-refractivity contribution in [1.82, 2.24) is 55.0 Å². The highest BCUT2D eigenvalue weighted by atomic mass is 32.1. The van der Waals surface area contributed by atoms with Gasteiger partial charge in [0.15, 0.2) is 4.96 Å². The maximum atomic E-state index is 14.0. The molecule has 2 fully saturated rings. The zero-order chi connectivity index (χ0) is 59.0. The number of anilines is 1. The van der Waals surface area contributed by atoms with Crippen LogP contribution in [0, 0.1) is 12.3 Å². The first-order valence-corrected chi connectivity index (χ1v) is 30.1. The van der Waals surface area contributed by atoms with Crippen LogP contribution in [0.5, 0.6) is 0 Å². The molecule has 4 aromatic heterocycles. The van der Waals surface area contributed by atoms with E-state index in [9.17, 15) is 29.1 Å². The van der Waals surface area contributed by atoms with Crippen molar-refractivity contribution in [1.29, 1.82) is 0 Å². The number of thiazole rings is 2. The smallest absolute Gasteiger partial charge is 0.275 e. The molecule has 0 aliphatic carbocycles. The van der Waals surface area contributed by atoms with Gasteiger partial charge in [0.1, 0.15) is 24.4 Å². The number of hydrogen-bond donors (Lipinski definition) is 5. The molecule has 22 nitrogen and oxygen atoms in total. The largest absolute Gasteiger partial charge is 0.391 e. The summed E-state index contributed by atoms with van der Waals surface area (Å²) in [5, 5.41) is 24.4. The number of carbonyl (C=O) groups excluding carboxylic acids is 5. The van der Waals surface area contributed by atoms with Crippen LogP contribution in [-0.2, 0) is 51.2 Å². The number of imidazole rings is 1. The molecule has 84 heavy (non-hydrogen) atoms. The van der Waals surface area contributed by atoms with Gasteiger partial charge in [-0.3, -0.25) is 38.3 Å². The second-order valence-corrected chi connectivity index (χ2v) is 23.5. The van der Waals surface area contributed by atoms with E-state index in [1.807, 2.05) is 112 Å². The van der Waals surface area contributed by atoms with Gasteiger partial charge in [-0.25, -0.2) is 15.0 Å². The van der Waals surface area contributed by atoms with E-state index in [-0.39, 0.29) is 62.7 Å². The summed E-state index contributed by atoms with van der Waals surface area (Å²) in [6, 6.07) is 21.0. The van der Waals surface area contributed by atoms with Crippen LogP contribution in [-0.4, -0.2) is 191 Å². The zero-order valence-corrected chi connectivity index (χ0v) is 49.6.